The first-order valence-electron chi connectivity index (χ1n) is 12.3. The molecule has 37 heavy (non-hydrogen) atoms. The Hall–Kier alpha value is -3.65. The van der Waals surface area contributed by atoms with Gasteiger partial charge in [0.15, 0.2) is 17.3 Å². The van der Waals surface area contributed by atoms with Crippen LogP contribution in [-0.2, 0) is 19.1 Å². The van der Waals surface area contributed by atoms with E-state index in [0.29, 0.717) is 41.5 Å². The van der Waals surface area contributed by atoms with Crippen molar-refractivity contribution in [2.45, 2.75) is 38.5 Å². The van der Waals surface area contributed by atoms with Crippen molar-refractivity contribution >= 4 is 11.8 Å². The second-order valence-electron chi connectivity index (χ2n) is 8.99. The van der Waals surface area contributed by atoms with Crippen molar-refractivity contribution < 1.29 is 32.9 Å². The number of dihydropyridines is 1. The fraction of sp³-hybridized carbons (Fsp3) is 0.379. The van der Waals surface area contributed by atoms with Crippen LogP contribution >= 0.6 is 0 Å². The first kappa shape index (κ1) is 26.4. The number of hydrogen-bond donors (Lipinski definition) is 1. The monoisotopic (exact) mass is 509 g/mol. The normalized spacial score (nSPS) is 19.3. The minimum atomic E-state index is -0.865. The van der Waals surface area contributed by atoms with E-state index in [-0.39, 0.29) is 42.5 Å². The predicted molar refractivity (Wildman–Crippen MR) is 136 cm³/mol. The number of benzene rings is 2. The highest BCUT2D eigenvalue weighted by molar-refractivity contribution is 6.04. The third-order valence-corrected chi connectivity index (χ3v) is 6.81. The Labute approximate surface area is 216 Å². The van der Waals surface area contributed by atoms with Gasteiger partial charge in [0, 0.05) is 35.6 Å². The van der Waals surface area contributed by atoms with E-state index in [9.17, 15) is 9.59 Å². The van der Waals surface area contributed by atoms with Crippen LogP contribution in [0.2, 0.25) is 0 Å². The highest BCUT2D eigenvalue weighted by Crippen LogP contribution is 2.47. The summed E-state index contributed by atoms with van der Waals surface area (Å²) >= 11 is 0. The summed E-state index contributed by atoms with van der Waals surface area (Å²) in [6.07, 6.45) is 0.734. The van der Waals surface area contributed by atoms with Gasteiger partial charge < -0.3 is 24.3 Å². The lowest BCUT2D eigenvalue weighted by Gasteiger charge is -2.36. The van der Waals surface area contributed by atoms with E-state index in [1.165, 1.54) is 6.07 Å². The molecule has 0 saturated heterocycles. The van der Waals surface area contributed by atoms with E-state index in [0.717, 1.165) is 5.56 Å². The van der Waals surface area contributed by atoms with E-state index >= 15 is 4.39 Å². The molecule has 0 radical (unpaired) electrons. The van der Waals surface area contributed by atoms with Gasteiger partial charge in [0.25, 0.3) is 0 Å². The van der Waals surface area contributed by atoms with Gasteiger partial charge in [0.2, 0.25) is 0 Å². The first-order valence-corrected chi connectivity index (χ1v) is 12.3. The van der Waals surface area contributed by atoms with Crippen molar-refractivity contribution in [3.63, 3.8) is 0 Å². The molecule has 8 heteroatoms. The third-order valence-electron chi connectivity index (χ3n) is 6.81. The number of rotatable bonds is 9. The third kappa shape index (κ3) is 5.39. The zero-order chi connectivity index (χ0) is 26.5. The van der Waals surface area contributed by atoms with Gasteiger partial charge >= 0.3 is 5.97 Å². The number of esters is 1. The molecule has 0 bridgehead atoms. The van der Waals surface area contributed by atoms with Crippen molar-refractivity contribution in [2.75, 3.05) is 34.0 Å². The minimum absolute atomic E-state index is 0.0642. The molecule has 0 saturated carbocycles. The number of halogens is 1. The molecule has 0 fully saturated rings. The van der Waals surface area contributed by atoms with Crippen LogP contribution in [0.5, 0.6) is 11.5 Å². The quantitative estimate of drug-likeness (QED) is 0.385. The summed E-state index contributed by atoms with van der Waals surface area (Å²) in [5, 5.41) is 3.28. The molecule has 0 unspecified atom stereocenters. The Morgan fingerprint density at radius 2 is 1.81 bits per heavy atom. The summed E-state index contributed by atoms with van der Waals surface area (Å²) in [5.41, 5.74) is 3.07. The zero-order valence-corrected chi connectivity index (χ0v) is 21.6. The van der Waals surface area contributed by atoms with Crippen molar-refractivity contribution in [1.29, 1.82) is 0 Å². The van der Waals surface area contributed by atoms with Gasteiger partial charge in [-0.25, -0.2) is 9.18 Å². The topological polar surface area (TPSA) is 83.1 Å². The number of hydrogen-bond acceptors (Lipinski definition) is 7. The molecule has 0 aromatic heterocycles. The molecular formula is C29H32FNO6. The second-order valence-corrected chi connectivity index (χ2v) is 8.99. The number of methoxy groups -OCH3 is 2. The maximum Gasteiger partial charge on any atom is 0.336 e. The zero-order valence-electron chi connectivity index (χ0n) is 21.6. The Kier molecular flexibility index (Phi) is 8.28. The summed E-state index contributed by atoms with van der Waals surface area (Å²) in [4.78, 5) is 26.9. The average molecular weight is 510 g/mol. The van der Waals surface area contributed by atoms with Crippen molar-refractivity contribution in [3.8, 4) is 11.5 Å². The molecule has 2 aromatic carbocycles. The van der Waals surface area contributed by atoms with Crippen molar-refractivity contribution in [3.05, 3.63) is 81.9 Å². The standard InChI is InChI=1S/C29H32FNO6/c1-5-36-12-13-37-29(33)26-17(2)31-22-14-19(18-10-11-24(34-3)25(16-18)35-4)15-23(32)28(22)27(26)20-8-6-7-9-21(20)30/h6-11,16,19,27,31H,5,12-15H2,1-4H3/t19-,27+/m0/s1. The molecule has 1 heterocycles. The number of ketones is 1. The SMILES string of the molecule is CCOCCOC(=O)C1=C(C)NC2=C(C(=O)C[C@@H](c3ccc(OC)c(OC)c3)C2)[C@@H]1c1ccccc1F. The highest BCUT2D eigenvalue weighted by Gasteiger charge is 2.42. The van der Waals surface area contributed by atoms with Gasteiger partial charge in [-0.1, -0.05) is 24.3 Å². The number of Topliss-reactive ketones (excluding diaryl/α,β-unsaturated/α-hetero) is 1. The van der Waals surface area contributed by atoms with Gasteiger partial charge in [-0.05, 0) is 49.9 Å². The molecule has 0 amide bonds. The molecule has 2 aromatic rings. The summed E-state index contributed by atoms with van der Waals surface area (Å²) in [5.74, 6) is -1.02. The summed E-state index contributed by atoms with van der Waals surface area (Å²) in [6, 6.07) is 11.9. The number of allylic oxidation sites excluding steroid dienone is 3. The molecule has 2 atom stereocenters. The largest absolute Gasteiger partial charge is 0.493 e. The Bertz CT molecular complexity index is 1250. The number of nitrogens with one attached hydrogen (secondary N) is 1. The second kappa shape index (κ2) is 11.6. The van der Waals surface area contributed by atoms with E-state index in [4.69, 9.17) is 18.9 Å². The maximum absolute atomic E-state index is 15.1. The molecule has 1 aliphatic heterocycles. The van der Waals surface area contributed by atoms with Crippen LogP contribution in [-0.4, -0.2) is 45.8 Å². The van der Waals surface area contributed by atoms with Crippen LogP contribution in [0.1, 0.15) is 49.7 Å². The van der Waals surface area contributed by atoms with Gasteiger partial charge in [0.1, 0.15) is 12.4 Å². The lowest BCUT2D eigenvalue weighted by Crippen LogP contribution is -2.36. The van der Waals surface area contributed by atoms with E-state index < -0.39 is 17.7 Å². The summed E-state index contributed by atoms with van der Waals surface area (Å²) < 4.78 is 36.6. The highest BCUT2D eigenvalue weighted by atomic mass is 19.1. The fourth-order valence-corrected chi connectivity index (χ4v) is 5.09. The van der Waals surface area contributed by atoms with E-state index in [1.54, 1.807) is 39.3 Å². The molecule has 2 aliphatic rings. The first-order chi connectivity index (χ1) is 17.9. The van der Waals surface area contributed by atoms with Gasteiger partial charge in [-0.15, -0.1) is 0 Å². The van der Waals surface area contributed by atoms with Gasteiger partial charge in [0.05, 0.1) is 32.3 Å². The van der Waals surface area contributed by atoms with Gasteiger partial charge in [-0.3, -0.25) is 4.79 Å². The molecule has 1 N–H and O–H groups in total. The lowest BCUT2D eigenvalue weighted by molar-refractivity contribution is -0.140. The van der Waals surface area contributed by atoms with Crippen LogP contribution in [0.25, 0.3) is 0 Å². The van der Waals surface area contributed by atoms with Gasteiger partial charge in [-0.2, -0.15) is 0 Å². The van der Waals surface area contributed by atoms with Crippen LogP contribution < -0.4 is 14.8 Å². The van der Waals surface area contributed by atoms with Crippen LogP contribution in [0, 0.1) is 5.82 Å². The number of ether oxygens (including phenoxy) is 4. The lowest BCUT2D eigenvalue weighted by atomic mass is 9.71. The minimum Gasteiger partial charge on any atom is -0.493 e. The van der Waals surface area contributed by atoms with E-state index in [1.807, 2.05) is 25.1 Å². The Balaban J connectivity index is 1.72. The molecule has 4 rings (SSSR count). The van der Waals surface area contributed by atoms with Crippen LogP contribution in [0.3, 0.4) is 0 Å². The van der Waals surface area contributed by atoms with Crippen LogP contribution in [0.15, 0.2) is 65.0 Å². The molecule has 1 aliphatic carbocycles. The van der Waals surface area contributed by atoms with Crippen molar-refractivity contribution in [1.82, 2.24) is 5.32 Å². The Morgan fingerprint density at radius 3 is 2.51 bits per heavy atom. The molecular weight excluding hydrogens is 477 g/mol. The van der Waals surface area contributed by atoms with E-state index in [2.05, 4.69) is 5.32 Å². The molecule has 7 nitrogen and oxygen atoms in total. The summed E-state index contributed by atoms with van der Waals surface area (Å²) in [6.45, 7) is 4.43. The summed E-state index contributed by atoms with van der Waals surface area (Å²) in [7, 11) is 3.14. The van der Waals surface area contributed by atoms with Crippen LogP contribution in [0.4, 0.5) is 4.39 Å². The average Bonchev–Trinajstić information content (AvgIpc) is 2.90. The maximum atomic E-state index is 15.1. The molecule has 196 valence electrons. The van der Waals surface area contributed by atoms with Crippen molar-refractivity contribution in [2.24, 2.45) is 0 Å². The predicted octanol–water partition coefficient (Wildman–Crippen LogP) is 4.78. The Morgan fingerprint density at radius 1 is 1.05 bits per heavy atom. The fourth-order valence-electron chi connectivity index (χ4n) is 5.09. The number of carbonyl (C=O) groups excluding carboxylic acids is 2. The number of carbonyl (C=O) groups is 2. The smallest absolute Gasteiger partial charge is 0.336 e. The molecule has 0 spiro atoms.